The van der Waals surface area contributed by atoms with Gasteiger partial charge in [0.25, 0.3) is 0 Å². The van der Waals surface area contributed by atoms with Crippen molar-refractivity contribution in [1.29, 1.82) is 0 Å². The molecule has 0 aliphatic heterocycles. The number of halogens is 1. The first kappa shape index (κ1) is 14.5. The Hall–Kier alpha value is -2.46. The van der Waals surface area contributed by atoms with E-state index in [9.17, 15) is 4.79 Å². The van der Waals surface area contributed by atoms with E-state index < -0.39 is 0 Å². The fourth-order valence-corrected chi connectivity index (χ4v) is 2.50. The van der Waals surface area contributed by atoms with Crippen LogP contribution in [0, 0.1) is 0 Å². The molecule has 3 aromatic rings. The Balaban J connectivity index is 1.92. The van der Waals surface area contributed by atoms with Crippen molar-refractivity contribution in [2.75, 3.05) is 18.5 Å². The van der Waals surface area contributed by atoms with Crippen LogP contribution >= 0.6 is 11.6 Å². The normalized spacial score (nSPS) is 10.6. The molecule has 1 aromatic heterocycles. The van der Waals surface area contributed by atoms with E-state index in [0.29, 0.717) is 11.4 Å². The predicted molar refractivity (Wildman–Crippen MR) is 88.6 cm³/mol. The van der Waals surface area contributed by atoms with E-state index in [0.717, 1.165) is 10.9 Å². The van der Waals surface area contributed by atoms with Crippen LogP contribution in [0.15, 0.2) is 54.6 Å². The van der Waals surface area contributed by atoms with Crippen LogP contribution < -0.4 is 4.90 Å². The molecule has 3 rings (SSSR count). The van der Waals surface area contributed by atoms with Gasteiger partial charge in [0.2, 0.25) is 5.28 Å². The molecule has 110 valence electrons. The minimum absolute atomic E-state index is 0.0296. The molecule has 0 bridgehead atoms. The number of benzene rings is 2. The van der Waals surface area contributed by atoms with Crippen molar-refractivity contribution in [1.82, 2.24) is 9.97 Å². The molecular formula is C17H14ClN3O. The second-order valence-electron chi connectivity index (χ2n) is 4.98. The van der Waals surface area contributed by atoms with Crippen LogP contribution in [-0.2, 0) is 0 Å². The number of para-hydroxylation sites is 1. The van der Waals surface area contributed by atoms with Gasteiger partial charge in [-0.25, -0.2) is 4.98 Å². The molecule has 0 aliphatic rings. The highest BCUT2D eigenvalue weighted by atomic mass is 35.5. The Bertz CT molecular complexity index is 821. The van der Waals surface area contributed by atoms with Crippen molar-refractivity contribution in [3.8, 4) is 0 Å². The highest BCUT2D eigenvalue weighted by molar-refractivity contribution is 6.28. The van der Waals surface area contributed by atoms with E-state index >= 15 is 0 Å². The molecule has 0 aliphatic carbocycles. The summed E-state index contributed by atoms with van der Waals surface area (Å²) in [4.78, 5) is 22.6. The molecular weight excluding hydrogens is 298 g/mol. The van der Waals surface area contributed by atoms with E-state index in [-0.39, 0.29) is 17.6 Å². The third-order valence-corrected chi connectivity index (χ3v) is 3.56. The van der Waals surface area contributed by atoms with E-state index in [1.807, 2.05) is 49.5 Å². The number of nitrogens with zero attached hydrogens (tertiary/aromatic N) is 3. The first-order valence-corrected chi connectivity index (χ1v) is 7.24. The van der Waals surface area contributed by atoms with Gasteiger partial charge in [-0.1, -0.05) is 42.5 Å². The van der Waals surface area contributed by atoms with E-state index in [1.54, 1.807) is 17.0 Å². The zero-order valence-corrected chi connectivity index (χ0v) is 12.8. The van der Waals surface area contributed by atoms with Gasteiger partial charge in [-0.05, 0) is 23.7 Å². The number of ketones is 1. The van der Waals surface area contributed by atoms with Crippen LogP contribution in [0.3, 0.4) is 0 Å². The molecule has 4 nitrogen and oxygen atoms in total. The van der Waals surface area contributed by atoms with Crippen LogP contribution in [-0.4, -0.2) is 29.3 Å². The third-order valence-electron chi connectivity index (χ3n) is 3.39. The SMILES string of the molecule is CN(CC(=O)c1ccccc1)c1nc(Cl)nc2ccccc12. The van der Waals surface area contributed by atoms with Gasteiger partial charge < -0.3 is 4.90 Å². The number of hydrogen-bond donors (Lipinski definition) is 0. The second-order valence-corrected chi connectivity index (χ2v) is 5.32. The quantitative estimate of drug-likeness (QED) is 0.545. The van der Waals surface area contributed by atoms with Gasteiger partial charge >= 0.3 is 0 Å². The molecule has 0 N–H and O–H groups in total. The molecule has 0 saturated carbocycles. The lowest BCUT2D eigenvalue weighted by Crippen LogP contribution is -2.26. The Labute approximate surface area is 133 Å². The highest BCUT2D eigenvalue weighted by Crippen LogP contribution is 2.24. The number of aromatic nitrogens is 2. The average molecular weight is 312 g/mol. The Morgan fingerprint density at radius 3 is 2.50 bits per heavy atom. The van der Waals surface area contributed by atoms with Crippen molar-refractivity contribution in [2.24, 2.45) is 0 Å². The topological polar surface area (TPSA) is 46.1 Å². The lowest BCUT2D eigenvalue weighted by Gasteiger charge is -2.19. The summed E-state index contributed by atoms with van der Waals surface area (Å²) in [6, 6.07) is 16.8. The number of hydrogen-bond acceptors (Lipinski definition) is 4. The van der Waals surface area contributed by atoms with Gasteiger partial charge in [0.15, 0.2) is 5.78 Å². The lowest BCUT2D eigenvalue weighted by atomic mass is 10.1. The van der Waals surface area contributed by atoms with Crippen molar-refractivity contribution in [3.63, 3.8) is 0 Å². The largest absolute Gasteiger partial charge is 0.351 e. The minimum Gasteiger partial charge on any atom is -0.351 e. The summed E-state index contributed by atoms with van der Waals surface area (Å²) in [5, 5.41) is 1.04. The van der Waals surface area contributed by atoms with Crippen LogP contribution in [0.25, 0.3) is 10.9 Å². The minimum atomic E-state index is 0.0296. The summed E-state index contributed by atoms with van der Waals surface area (Å²) in [6.45, 7) is 0.224. The maximum absolute atomic E-state index is 12.3. The standard InChI is InChI=1S/C17H14ClN3O/c1-21(11-15(22)12-7-3-2-4-8-12)16-13-9-5-6-10-14(13)19-17(18)20-16/h2-10H,11H2,1H3. The van der Waals surface area contributed by atoms with Crippen molar-refractivity contribution in [3.05, 3.63) is 65.4 Å². The first-order valence-electron chi connectivity index (χ1n) is 6.87. The van der Waals surface area contributed by atoms with Crippen LogP contribution in [0.2, 0.25) is 5.28 Å². The molecule has 1 heterocycles. The molecule has 0 fully saturated rings. The molecule has 0 saturated heterocycles. The van der Waals surface area contributed by atoms with E-state index in [2.05, 4.69) is 9.97 Å². The second kappa shape index (κ2) is 6.12. The Kier molecular flexibility index (Phi) is 4.02. The molecule has 0 atom stereocenters. The van der Waals surface area contributed by atoms with E-state index in [4.69, 9.17) is 11.6 Å². The molecule has 5 heteroatoms. The smallest absolute Gasteiger partial charge is 0.224 e. The van der Waals surface area contributed by atoms with Crippen molar-refractivity contribution in [2.45, 2.75) is 0 Å². The van der Waals surface area contributed by atoms with Crippen LogP contribution in [0.4, 0.5) is 5.82 Å². The van der Waals surface area contributed by atoms with Gasteiger partial charge in [0, 0.05) is 18.0 Å². The number of anilines is 1. The van der Waals surface area contributed by atoms with Crippen molar-refractivity contribution < 1.29 is 4.79 Å². The molecule has 0 amide bonds. The number of carbonyl (C=O) groups excluding carboxylic acids is 1. The summed E-state index contributed by atoms with van der Waals surface area (Å²) in [7, 11) is 1.83. The average Bonchev–Trinajstić information content (AvgIpc) is 2.54. The van der Waals surface area contributed by atoms with Gasteiger partial charge in [0.05, 0.1) is 12.1 Å². The van der Waals surface area contributed by atoms with Gasteiger partial charge in [0.1, 0.15) is 5.82 Å². The molecule has 2 aromatic carbocycles. The zero-order valence-electron chi connectivity index (χ0n) is 12.0. The van der Waals surface area contributed by atoms with Gasteiger partial charge in [-0.2, -0.15) is 4.98 Å². The fourth-order valence-electron chi connectivity index (χ4n) is 2.33. The number of carbonyl (C=O) groups is 1. The summed E-state index contributed by atoms with van der Waals surface area (Å²) in [5.74, 6) is 0.682. The molecule has 22 heavy (non-hydrogen) atoms. The van der Waals surface area contributed by atoms with E-state index in [1.165, 1.54) is 0 Å². The maximum atomic E-state index is 12.3. The lowest BCUT2D eigenvalue weighted by molar-refractivity contribution is 0.1000. The molecule has 0 unspecified atom stereocenters. The maximum Gasteiger partial charge on any atom is 0.224 e. The first-order chi connectivity index (χ1) is 10.6. The number of likely N-dealkylation sites (N-methyl/N-ethyl adjacent to an activating group) is 1. The summed E-state index contributed by atoms with van der Waals surface area (Å²) in [5.41, 5.74) is 1.44. The van der Waals surface area contributed by atoms with Crippen LogP contribution in [0.5, 0.6) is 0 Å². The van der Waals surface area contributed by atoms with Gasteiger partial charge in [-0.15, -0.1) is 0 Å². The predicted octanol–water partition coefficient (Wildman–Crippen LogP) is 3.60. The third kappa shape index (κ3) is 2.92. The monoisotopic (exact) mass is 311 g/mol. The Morgan fingerprint density at radius 2 is 1.73 bits per heavy atom. The molecule has 0 spiro atoms. The summed E-state index contributed by atoms with van der Waals surface area (Å²) < 4.78 is 0. The fraction of sp³-hybridized carbons (Fsp3) is 0.118. The molecule has 0 radical (unpaired) electrons. The number of fused-ring (bicyclic) bond motifs is 1. The summed E-state index contributed by atoms with van der Waals surface area (Å²) in [6.07, 6.45) is 0. The van der Waals surface area contributed by atoms with Crippen LogP contribution in [0.1, 0.15) is 10.4 Å². The summed E-state index contributed by atoms with van der Waals surface area (Å²) >= 11 is 5.99. The number of rotatable bonds is 4. The number of Topliss-reactive ketones (excluding diaryl/α,β-unsaturated/α-hetero) is 1. The highest BCUT2D eigenvalue weighted by Gasteiger charge is 2.14. The zero-order chi connectivity index (χ0) is 15.5. The van der Waals surface area contributed by atoms with Gasteiger partial charge in [-0.3, -0.25) is 4.79 Å². The van der Waals surface area contributed by atoms with Crippen molar-refractivity contribution >= 4 is 34.1 Å². The Morgan fingerprint density at radius 1 is 1.05 bits per heavy atom.